The lowest BCUT2D eigenvalue weighted by atomic mass is 10.2. The molecule has 0 saturated heterocycles. The molecule has 2 amide bonds. The summed E-state index contributed by atoms with van der Waals surface area (Å²) in [5, 5.41) is 3.21. The number of fused-ring (bicyclic) bond motifs is 1. The molecule has 20 heavy (non-hydrogen) atoms. The van der Waals surface area contributed by atoms with Crippen molar-refractivity contribution >= 4 is 40.5 Å². The van der Waals surface area contributed by atoms with Gasteiger partial charge in [-0.05, 0) is 30.3 Å². The van der Waals surface area contributed by atoms with Gasteiger partial charge in [-0.15, -0.1) is 0 Å². The fourth-order valence-corrected chi connectivity index (χ4v) is 2.38. The minimum Gasteiger partial charge on any atom is -0.324 e. The molecule has 0 aromatic heterocycles. The van der Waals surface area contributed by atoms with Crippen LogP contribution >= 0.6 is 11.6 Å². The van der Waals surface area contributed by atoms with E-state index in [-0.39, 0.29) is 18.2 Å². The van der Waals surface area contributed by atoms with Crippen LogP contribution in [-0.4, -0.2) is 11.8 Å². The highest BCUT2D eigenvalue weighted by atomic mass is 35.5. The Morgan fingerprint density at radius 2 is 1.80 bits per heavy atom. The molecule has 1 N–H and O–H groups in total. The lowest BCUT2D eigenvalue weighted by Crippen LogP contribution is -2.26. The van der Waals surface area contributed by atoms with E-state index in [9.17, 15) is 9.59 Å². The van der Waals surface area contributed by atoms with E-state index in [4.69, 9.17) is 11.6 Å². The molecule has 0 radical (unpaired) electrons. The van der Waals surface area contributed by atoms with E-state index in [1.54, 1.807) is 18.2 Å². The van der Waals surface area contributed by atoms with Gasteiger partial charge in [0.1, 0.15) is 6.42 Å². The van der Waals surface area contributed by atoms with Crippen LogP contribution in [0, 0.1) is 0 Å². The van der Waals surface area contributed by atoms with Gasteiger partial charge in [-0.3, -0.25) is 14.5 Å². The molecule has 0 saturated carbocycles. The molecular formula is C15H11ClN2O2. The molecule has 1 heterocycles. The minimum absolute atomic E-state index is 0.193. The molecule has 3 rings (SSSR count). The van der Waals surface area contributed by atoms with E-state index in [2.05, 4.69) is 5.32 Å². The number of amides is 2. The first-order valence-electron chi connectivity index (χ1n) is 6.12. The third-order valence-electron chi connectivity index (χ3n) is 3.05. The third kappa shape index (κ3) is 2.26. The number of carbonyl (C=O) groups excluding carboxylic acids is 2. The van der Waals surface area contributed by atoms with Crippen LogP contribution in [-0.2, 0) is 9.59 Å². The van der Waals surface area contributed by atoms with Gasteiger partial charge < -0.3 is 5.32 Å². The molecule has 0 atom stereocenters. The maximum Gasteiger partial charge on any atom is 0.241 e. The summed E-state index contributed by atoms with van der Waals surface area (Å²) in [5.41, 5.74) is 1.88. The largest absolute Gasteiger partial charge is 0.324 e. The van der Waals surface area contributed by atoms with E-state index in [0.29, 0.717) is 16.4 Å². The van der Waals surface area contributed by atoms with Gasteiger partial charge in [0.05, 0.1) is 11.4 Å². The van der Waals surface area contributed by atoms with E-state index >= 15 is 0 Å². The highest BCUT2D eigenvalue weighted by Gasteiger charge is 2.27. The maximum atomic E-state index is 12.3. The van der Waals surface area contributed by atoms with E-state index < -0.39 is 0 Å². The summed E-state index contributed by atoms with van der Waals surface area (Å²) >= 11 is 5.95. The van der Waals surface area contributed by atoms with Crippen molar-refractivity contribution in [2.75, 3.05) is 10.2 Å². The van der Waals surface area contributed by atoms with Crippen LogP contribution in [0.3, 0.4) is 0 Å². The van der Waals surface area contributed by atoms with Crippen LogP contribution < -0.4 is 10.2 Å². The average molecular weight is 287 g/mol. The molecule has 1 aliphatic rings. The standard InChI is InChI=1S/C15H11ClN2O2/c16-10-6-7-13-12(8-10)17-14(19)9-15(20)18(13)11-4-2-1-3-5-11/h1-8H,9H2,(H,17,19). The number of para-hydroxylation sites is 1. The van der Waals surface area contributed by atoms with Crippen molar-refractivity contribution < 1.29 is 9.59 Å². The molecule has 1 aliphatic heterocycles. The second-order valence-electron chi connectivity index (χ2n) is 4.45. The van der Waals surface area contributed by atoms with Crippen molar-refractivity contribution in [3.05, 3.63) is 53.6 Å². The Morgan fingerprint density at radius 1 is 1.05 bits per heavy atom. The Balaban J connectivity index is 2.18. The van der Waals surface area contributed by atoms with Crippen LogP contribution in [0.1, 0.15) is 6.42 Å². The third-order valence-corrected chi connectivity index (χ3v) is 3.28. The lowest BCUT2D eigenvalue weighted by Gasteiger charge is -2.22. The lowest BCUT2D eigenvalue weighted by molar-refractivity contribution is -0.124. The zero-order valence-corrected chi connectivity index (χ0v) is 11.2. The van der Waals surface area contributed by atoms with Gasteiger partial charge in [-0.2, -0.15) is 0 Å². The fourth-order valence-electron chi connectivity index (χ4n) is 2.21. The van der Waals surface area contributed by atoms with Gasteiger partial charge in [-0.25, -0.2) is 0 Å². The Labute approximate surface area is 121 Å². The molecule has 5 heteroatoms. The molecule has 2 aromatic carbocycles. The molecule has 2 aromatic rings. The van der Waals surface area contributed by atoms with Crippen LogP contribution in [0.2, 0.25) is 5.02 Å². The summed E-state index contributed by atoms with van der Waals surface area (Å²) in [6.07, 6.45) is -0.193. The Morgan fingerprint density at radius 3 is 2.55 bits per heavy atom. The summed E-state index contributed by atoms with van der Waals surface area (Å²) in [6, 6.07) is 14.3. The van der Waals surface area contributed by atoms with E-state index in [1.165, 1.54) is 4.90 Å². The van der Waals surface area contributed by atoms with E-state index in [1.807, 2.05) is 30.3 Å². The molecule has 100 valence electrons. The van der Waals surface area contributed by atoms with Gasteiger partial charge >= 0.3 is 0 Å². The SMILES string of the molecule is O=C1CC(=O)N(c2ccccc2)c2ccc(Cl)cc2N1. The van der Waals surface area contributed by atoms with Crippen LogP contribution in [0.15, 0.2) is 48.5 Å². The first kappa shape index (κ1) is 12.7. The predicted molar refractivity (Wildman–Crippen MR) is 78.3 cm³/mol. The van der Waals surface area contributed by atoms with Gasteiger partial charge in [0, 0.05) is 10.7 Å². The number of nitrogens with one attached hydrogen (secondary N) is 1. The van der Waals surface area contributed by atoms with Crippen molar-refractivity contribution in [3.63, 3.8) is 0 Å². The van der Waals surface area contributed by atoms with Crippen molar-refractivity contribution in [1.82, 2.24) is 0 Å². The van der Waals surface area contributed by atoms with Crippen molar-refractivity contribution in [2.45, 2.75) is 6.42 Å². The summed E-state index contributed by atoms with van der Waals surface area (Å²) in [4.78, 5) is 25.6. The van der Waals surface area contributed by atoms with Gasteiger partial charge in [-0.1, -0.05) is 29.8 Å². The maximum absolute atomic E-state index is 12.3. The number of carbonyl (C=O) groups is 2. The molecule has 0 spiro atoms. The Hall–Kier alpha value is -2.33. The monoisotopic (exact) mass is 286 g/mol. The van der Waals surface area contributed by atoms with Gasteiger partial charge in [0.15, 0.2) is 0 Å². The van der Waals surface area contributed by atoms with Crippen LogP contribution in [0.4, 0.5) is 17.1 Å². The number of hydrogen-bond donors (Lipinski definition) is 1. The quantitative estimate of drug-likeness (QED) is 0.817. The number of rotatable bonds is 1. The summed E-state index contributed by atoms with van der Waals surface area (Å²) in [6.45, 7) is 0. The predicted octanol–water partition coefficient (Wildman–Crippen LogP) is 3.35. The first-order chi connectivity index (χ1) is 9.65. The van der Waals surface area contributed by atoms with Gasteiger partial charge in [0.25, 0.3) is 0 Å². The van der Waals surface area contributed by atoms with Crippen molar-refractivity contribution in [1.29, 1.82) is 0 Å². The molecular weight excluding hydrogens is 276 g/mol. The normalized spacial score (nSPS) is 14.6. The first-order valence-corrected chi connectivity index (χ1v) is 6.50. The smallest absolute Gasteiger partial charge is 0.241 e. The Bertz CT molecular complexity index is 686. The zero-order valence-electron chi connectivity index (χ0n) is 10.5. The molecule has 0 bridgehead atoms. The zero-order chi connectivity index (χ0) is 14.1. The summed E-state index contributed by atoms with van der Waals surface area (Å²) in [5.74, 6) is -0.605. The van der Waals surface area contributed by atoms with Crippen molar-refractivity contribution in [2.24, 2.45) is 0 Å². The fraction of sp³-hybridized carbons (Fsp3) is 0.0667. The topological polar surface area (TPSA) is 49.4 Å². The van der Waals surface area contributed by atoms with Crippen LogP contribution in [0.25, 0.3) is 0 Å². The highest BCUT2D eigenvalue weighted by molar-refractivity contribution is 6.31. The molecule has 0 fully saturated rings. The number of nitrogens with zero attached hydrogens (tertiary/aromatic N) is 1. The molecule has 0 aliphatic carbocycles. The Kier molecular flexibility index (Phi) is 3.16. The minimum atomic E-state index is -0.336. The van der Waals surface area contributed by atoms with Crippen LogP contribution in [0.5, 0.6) is 0 Å². The number of benzene rings is 2. The molecule has 0 unspecified atom stereocenters. The van der Waals surface area contributed by atoms with E-state index in [0.717, 1.165) is 5.69 Å². The molecule has 4 nitrogen and oxygen atoms in total. The summed E-state index contributed by atoms with van der Waals surface area (Å²) < 4.78 is 0. The second-order valence-corrected chi connectivity index (χ2v) is 4.89. The number of anilines is 3. The van der Waals surface area contributed by atoms with Crippen molar-refractivity contribution in [3.8, 4) is 0 Å². The second kappa shape index (κ2) is 4.98. The average Bonchev–Trinajstić information content (AvgIpc) is 2.54. The summed E-state index contributed by atoms with van der Waals surface area (Å²) in [7, 11) is 0. The number of halogens is 1. The highest BCUT2D eigenvalue weighted by Crippen LogP contribution is 2.36. The number of hydrogen-bond acceptors (Lipinski definition) is 2. The van der Waals surface area contributed by atoms with Gasteiger partial charge in [0.2, 0.25) is 11.8 Å².